The summed E-state index contributed by atoms with van der Waals surface area (Å²) in [5.41, 5.74) is 2.07. The van der Waals surface area contributed by atoms with E-state index in [0.717, 1.165) is 16.0 Å². The van der Waals surface area contributed by atoms with Crippen molar-refractivity contribution in [2.45, 2.75) is 13.5 Å². The molecule has 0 saturated carbocycles. The monoisotopic (exact) mass is 433 g/mol. The number of furan rings is 1. The first-order valence-electron chi connectivity index (χ1n) is 9.31. The van der Waals surface area contributed by atoms with E-state index in [0.29, 0.717) is 22.4 Å². The van der Waals surface area contributed by atoms with E-state index in [1.54, 1.807) is 34.8 Å². The van der Waals surface area contributed by atoms with Crippen molar-refractivity contribution in [3.63, 3.8) is 0 Å². The van der Waals surface area contributed by atoms with Crippen molar-refractivity contribution in [2.75, 3.05) is 0 Å². The molecule has 1 fully saturated rings. The molecule has 0 N–H and O–H groups in total. The summed E-state index contributed by atoms with van der Waals surface area (Å²) in [6, 6.07) is 17.6. The fourth-order valence-electron chi connectivity index (χ4n) is 2.84. The minimum Gasteiger partial charge on any atom is -0.467 e. The van der Waals surface area contributed by atoms with Crippen LogP contribution in [-0.4, -0.2) is 22.2 Å². The quantitative estimate of drug-likeness (QED) is 0.281. The fourth-order valence-corrected chi connectivity index (χ4v) is 4.40. The lowest BCUT2D eigenvalue weighted by Crippen LogP contribution is -2.28. The van der Waals surface area contributed by atoms with Crippen LogP contribution in [0.4, 0.5) is 0 Å². The molecule has 1 aliphatic heterocycles. The molecule has 7 heteroatoms. The highest BCUT2D eigenvalue weighted by molar-refractivity contribution is 8.18. The molecule has 0 aliphatic carbocycles. The van der Waals surface area contributed by atoms with Gasteiger partial charge in [-0.1, -0.05) is 42.5 Å². The summed E-state index contributed by atoms with van der Waals surface area (Å²) >= 11 is 2.90. The summed E-state index contributed by atoms with van der Waals surface area (Å²) in [4.78, 5) is 16.3. The summed E-state index contributed by atoms with van der Waals surface area (Å²) in [7, 11) is 0. The zero-order valence-corrected chi connectivity index (χ0v) is 17.9. The standard InChI is InChI=1S/C23H19N3O2S2/c1-17(13-18-7-3-2-4-8-18)14-21-22(27)26(16-19-9-5-11-28-19)23(30-21)25-24-15-20-10-6-12-29-20/h2-15H,16H2,1H3/b17-13+,21-14-,24-15-,25-23+. The van der Waals surface area contributed by atoms with Crippen molar-refractivity contribution >= 4 is 46.5 Å². The highest BCUT2D eigenvalue weighted by Gasteiger charge is 2.34. The number of nitrogens with zero attached hydrogens (tertiary/aromatic N) is 3. The van der Waals surface area contributed by atoms with E-state index in [2.05, 4.69) is 10.2 Å². The van der Waals surface area contributed by atoms with Crippen LogP contribution in [-0.2, 0) is 11.3 Å². The Labute approximate surface area is 183 Å². The van der Waals surface area contributed by atoms with Gasteiger partial charge in [0.15, 0.2) is 5.17 Å². The van der Waals surface area contributed by atoms with Gasteiger partial charge < -0.3 is 4.42 Å². The molecule has 2 aromatic heterocycles. The predicted molar refractivity (Wildman–Crippen MR) is 124 cm³/mol. The topological polar surface area (TPSA) is 58.2 Å². The maximum atomic E-state index is 13.1. The molecule has 1 amide bonds. The van der Waals surface area contributed by atoms with Crippen molar-refractivity contribution in [2.24, 2.45) is 10.2 Å². The van der Waals surface area contributed by atoms with Gasteiger partial charge in [-0.05, 0) is 59.5 Å². The number of benzene rings is 1. The number of allylic oxidation sites excluding steroid dienone is 2. The summed E-state index contributed by atoms with van der Waals surface area (Å²) < 4.78 is 5.43. The molecule has 5 nitrogen and oxygen atoms in total. The molecule has 3 heterocycles. The minimum atomic E-state index is -0.109. The van der Waals surface area contributed by atoms with Gasteiger partial charge in [0.25, 0.3) is 5.91 Å². The largest absolute Gasteiger partial charge is 0.467 e. The van der Waals surface area contributed by atoms with Crippen LogP contribution in [0.3, 0.4) is 0 Å². The number of thioether (sulfide) groups is 1. The Morgan fingerprint density at radius 3 is 2.73 bits per heavy atom. The Hall–Kier alpha value is -3.16. The molecule has 4 rings (SSSR count). The van der Waals surface area contributed by atoms with Gasteiger partial charge in [0.05, 0.1) is 23.9 Å². The van der Waals surface area contributed by atoms with Gasteiger partial charge >= 0.3 is 0 Å². The van der Waals surface area contributed by atoms with Crippen LogP contribution in [0.5, 0.6) is 0 Å². The van der Waals surface area contributed by atoms with E-state index in [4.69, 9.17) is 4.42 Å². The second-order valence-corrected chi connectivity index (χ2v) is 8.51. The second kappa shape index (κ2) is 9.56. The van der Waals surface area contributed by atoms with Gasteiger partial charge in [0, 0.05) is 4.88 Å². The number of rotatable bonds is 6. The Bertz CT molecular complexity index is 1110. The van der Waals surface area contributed by atoms with E-state index in [9.17, 15) is 4.79 Å². The van der Waals surface area contributed by atoms with Gasteiger partial charge in [-0.2, -0.15) is 5.10 Å². The van der Waals surface area contributed by atoms with E-state index in [1.807, 2.05) is 73.0 Å². The Balaban J connectivity index is 1.59. The van der Waals surface area contributed by atoms with Crippen LogP contribution in [0.15, 0.2) is 97.4 Å². The molecule has 1 aliphatic rings. The maximum absolute atomic E-state index is 13.1. The van der Waals surface area contributed by atoms with Crippen LogP contribution in [0.25, 0.3) is 6.08 Å². The number of carbonyl (C=O) groups excluding carboxylic acids is 1. The lowest BCUT2D eigenvalue weighted by Gasteiger charge is -2.12. The predicted octanol–water partition coefficient (Wildman–Crippen LogP) is 5.79. The number of hydrogen-bond donors (Lipinski definition) is 0. The van der Waals surface area contributed by atoms with Gasteiger partial charge in [-0.25, -0.2) is 0 Å². The molecule has 1 aromatic carbocycles. The molecule has 30 heavy (non-hydrogen) atoms. The normalized spacial score (nSPS) is 17.7. The summed E-state index contributed by atoms with van der Waals surface area (Å²) in [5.74, 6) is 0.582. The van der Waals surface area contributed by atoms with Crippen LogP contribution in [0.2, 0.25) is 0 Å². The lowest BCUT2D eigenvalue weighted by molar-refractivity contribution is -0.122. The van der Waals surface area contributed by atoms with Crippen molar-refractivity contribution in [3.8, 4) is 0 Å². The molecule has 0 atom stereocenters. The molecule has 150 valence electrons. The molecule has 1 saturated heterocycles. The third kappa shape index (κ3) is 5.06. The van der Waals surface area contributed by atoms with E-state index in [1.165, 1.54) is 11.8 Å². The average Bonchev–Trinajstić information content (AvgIpc) is 3.49. The van der Waals surface area contributed by atoms with Gasteiger partial charge in [0.1, 0.15) is 5.76 Å². The smallest absolute Gasteiger partial charge is 0.267 e. The molecule has 3 aromatic rings. The number of carbonyl (C=O) groups is 1. The van der Waals surface area contributed by atoms with Gasteiger partial charge in [0.2, 0.25) is 0 Å². The maximum Gasteiger partial charge on any atom is 0.267 e. The van der Waals surface area contributed by atoms with Crippen molar-refractivity contribution in [3.05, 3.63) is 99.0 Å². The lowest BCUT2D eigenvalue weighted by atomic mass is 10.1. The molecule has 0 spiro atoms. The first-order valence-corrected chi connectivity index (χ1v) is 11.0. The third-order valence-corrected chi connectivity index (χ3v) is 6.01. The van der Waals surface area contributed by atoms with E-state index >= 15 is 0 Å². The van der Waals surface area contributed by atoms with Crippen molar-refractivity contribution < 1.29 is 9.21 Å². The Morgan fingerprint density at radius 1 is 1.13 bits per heavy atom. The van der Waals surface area contributed by atoms with Crippen LogP contribution in [0, 0.1) is 0 Å². The van der Waals surface area contributed by atoms with Crippen LogP contribution in [0.1, 0.15) is 23.1 Å². The van der Waals surface area contributed by atoms with E-state index < -0.39 is 0 Å². The van der Waals surface area contributed by atoms with Crippen LogP contribution >= 0.6 is 23.1 Å². The fraction of sp³-hybridized carbons (Fsp3) is 0.0870. The highest BCUT2D eigenvalue weighted by Crippen LogP contribution is 2.33. The Kier molecular flexibility index (Phi) is 6.41. The van der Waals surface area contributed by atoms with Crippen molar-refractivity contribution in [1.29, 1.82) is 0 Å². The molecule has 0 radical (unpaired) electrons. The minimum absolute atomic E-state index is 0.109. The van der Waals surface area contributed by atoms with Crippen LogP contribution < -0.4 is 0 Å². The average molecular weight is 434 g/mol. The first kappa shape index (κ1) is 20.1. The zero-order chi connectivity index (χ0) is 20.8. The summed E-state index contributed by atoms with van der Waals surface area (Å²) in [6.07, 6.45) is 7.22. The SMILES string of the molecule is CC(/C=C1\S/C(=N/N=C\c2cccs2)N(Cc2ccco2)C1=O)=C\c1ccccc1. The molecular weight excluding hydrogens is 414 g/mol. The number of amides is 1. The summed E-state index contributed by atoms with van der Waals surface area (Å²) in [5, 5.41) is 11.0. The number of hydrogen-bond acceptors (Lipinski definition) is 6. The third-order valence-electron chi connectivity index (χ3n) is 4.21. The second-order valence-electron chi connectivity index (χ2n) is 6.52. The van der Waals surface area contributed by atoms with Gasteiger partial charge in [-0.15, -0.1) is 16.4 Å². The van der Waals surface area contributed by atoms with Gasteiger partial charge in [-0.3, -0.25) is 9.69 Å². The zero-order valence-electron chi connectivity index (χ0n) is 16.3. The van der Waals surface area contributed by atoms with E-state index in [-0.39, 0.29) is 5.91 Å². The molecule has 0 unspecified atom stereocenters. The molecular formula is C23H19N3O2S2. The molecule has 0 bridgehead atoms. The Morgan fingerprint density at radius 2 is 2.00 bits per heavy atom. The first-order chi connectivity index (χ1) is 14.7. The number of thiophene rings is 1. The van der Waals surface area contributed by atoms with Crippen molar-refractivity contribution in [1.82, 2.24) is 4.90 Å². The highest BCUT2D eigenvalue weighted by atomic mass is 32.2. The number of amidine groups is 1. The summed E-state index contributed by atoms with van der Waals surface area (Å²) in [6.45, 7) is 2.29.